The number of Topliss-reactive ketones (excluding diaryl/α,β-unsaturated/α-hetero) is 1. The monoisotopic (exact) mass is 183 g/mol. The zero-order valence-corrected chi connectivity index (χ0v) is 8.88. The van der Waals surface area contributed by atoms with Crippen LogP contribution in [0.3, 0.4) is 0 Å². The Bertz CT molecular complexity index is 167. The number of hydrogen-bond acceptors (Lipinski definition) is 2. The van der Waals surface area contributed by atoms with E-state index in [-0.39, 0.29) is 0 Å². The largest absolute Gasteiger partial charge is 0.298 e. The van der Waals surface area contributed by atoms with E-state index in [0.717, 1.165) is 13.0 Å². The third kappa shape index (κ3) is 3.47. The Kier molecular flexibility index (Phi) is 4.43. The molecule has 1 fully saturated rings. The summed E-state index contributed by atoms with van der Waals surface area (Å²) in [6, 6.07) is 0.495. The first-order valence-electron chi connectivity index (χ1n) is 5.49. The Labute approximate surface area is 81.3 Å². The van der Waals surface area contributed by atoms with Gasteiger partial charge in [0.2, 0.25) is 0 Å². The summed E-state index contributed by atoms with van der Waals surface area (Å²) in [5, 5.41) is 0. The topological polar surface area (TPSA) is 20.3 Å². The molecule has 1 aliphatic heterocycles. The normalized spacial score (nSPS) is 24.2. The minimum atomic E-state index is 0.419. The van der Waals surface area contributed by atoms with E-state index in [2.05, 4.69) is 18.7 Å². The summed E-state index contributed by atoms with van der Waals surface area (Å²) in [6.45, 7) is 6.20. The van der Waals surface area contributed by atoms with Crippen molar-refractivity contribution >= 4 is 5.78 Å². The van der Waals surface area contributed by atoms with Crippen LogP contribution >= 0.6 is 0 Å². The van der Waals surface area contributed by atoms with Crippen LogP contribution in [-0.2, 0) is 4.79 Å². The van der Waals surface area contributed by atoms with Gasteiger partial charge in [-0.15, -0.1) is 0 Å². The van der Waals surface area contributed by atoms with E-state index in [9.17, 15) is 4.79 Å². The molecule has 0 N–H and O–H groups in total. The number of carbonyl (C=O) groups is 1. The Morgan fingerprint density at radius 1 is 1.38 bits per heavy atom. The van der Waals surface area contributed by atoms with Gasteiger partial charge in [-0.05, 0) is 19.9 Å². The summed E-state index contributed by atoms with van der Waals surface area (Å²) in [5.41, 5.74) is 0. The highest BCUT2D eigenvalue weighted by atomic mass is 16.1. The third-order valence-corrected chi connectivity index (χ3v) is 2.82. The first-order chi connectivity index (χ1) is 6.24. The fraction of sp³-hybridized carbons (Fsp3) is 0.909. The molecule has 1 rings (SSSR count). The Hall–Kier alpha value is -0.370. The summed E-state index contributed by atoms with van der Waals surface area (Å²) >= 11 is 0. The molecule has 0 aliphatic carbocycles. The van der Waals surface area contributed by atoms with Gasteiger partial charge in [0.05, 0.1) is 6.54 Å². The molecule has 0 aromatic rings. The van der Waals surface area contributed by atoms with Gasteiger partial charge in [0.25, 0.3) is 0 Å². The number of nitrogens with zero attached hydrogens (tertiary/aromatic N) is 1. The van der Waals surface area contributed by atoms with Gasteiger partial charge in [-0.3, -0.25) is 9.69 Å². The first kappa shape index (κ1) is 10.7. The fourth-order valence-electron chi connectivity index (χ4n) is 1.95. The molecular formula is C11H21NO. The predicted octanol–water partition coefficient (Wildman–Crippen LogP) is 2.23. The highest BCUT2D eigenvalue weighted by Gasteiger charge is 2.25. The average Bonchev–Trinajstić information content (AvgIpc) is 2.39. The van der Waals surface area contributed by atoms with E-state index >= 15 is 0 Å². The Balaban J connectivity index is 2.11. The smallest absolute Gasteiger partial charge is 0.148 e. The molecule has 1 heterocycles. The minimum Gasteiger partial charge on any atom is -0.298 e. The van der Waals surface area contributed by atoms with Crippen LogP contribution in [0.15, 0.2) is 0 Å². The zero-order chi connectivity index (χ0) is 9.68. The van der Waals surface area contributed by atoms with Crippen molar-refractivity contribution in [3.8, 4) is 0 Å². The van der Waals surface area contributed by atoms with E-state index in [1.54, 1.807) is 0 Å². The molecule has 0 aromatic heterocycles. The maximum Gasteiger partial charge on any atom is 0.148 e. The lowest BCUT2D eigenvalue weighted by atomic mass is 10.2. The van der Waals surface area contributed by atoms with Gasteiger partial charge in [-0.2, -0.15) is 0 Å². The second-order valence-corrected chi connectivity index (χ2v) is 4.12. The van der Waals surface area contributed by atoms with E-state index < -0.39 is 0 Å². The molecule has 0 amide bonds. The maximum atomic E-state index is 11.1. The van der Waals surface area contributed by atoms with Gasteiger partial charge in [-0.25, -0.2) is 0 Å². The van der Waals surface area contributed by atoms with E-state index in [1.807, 2.05) is 0 Å². The number of ketones is 1. The second-order valence-electron chi connectivity index (χ2n) is 4.12. The molecule has 1 aliphatic rings. The van der Waals surface area contributed by atoms with Crippen LogP contribution in [0.25, 0.3) is 0 Å². The van der Waals surface area contributed by atoms with Gasteiger partial charge < -0.3 is 0 Å². The molecule has 0 aromatic carbocycles. The zero-order valence-electron chi connectivity index (χ0n) is 8.88. The Morgan fingerprint density at radius 2 is 2.15 bits per heavy atom. The number of carbonyl (C=O) groups excluding carboxylic acids is 1. The molecule has 0 radical (unpaired) electrons. The van der Waals surface area contributed by atoms with Crippen LogP contribution in [0.1, 0.15) is 46.0 Å². The summed E-state index contributed by atoms with van der Waals surface area (Å²) in [4.78, 5) is 13.4. The summed E-state index contributed by atoms with van der Waals surface area (Å²) < 4.78 is 0. The van der Waals surface area contributed by atoms with Crippen LogP contribution < -0.4 is 0 Å². The van der Waals surface area contributed by atoms with Crippen molar-refractivity contribution in [3.63, 3.8) is 0 Å². The van der Waals surface area contributed by atoms with E-state index in [1.165, 1.54) is 25.7 Å². The van der Waals surface area contributed by atoms with E-state index in [4.69, 9.17) is 0 Å². The number of likely N-dealkylation sites (tertiary alicyclic amines) is 1. The molecule has 1 unspecified atom stereocenters. The van der Waals surface area contributed by atoms with Crippen molar-refractivity contribution in [1.82, 2.24) is 4.90 Å². The van der Waals surface area contributed by atoms with Gasteiger partial charge in [0.15, 0.2) is 0 Å². The van der Waals surface area contributed by atoms with Crippen LogP contribution in [0.2, 0.25) is 0 Å². The lowest BCUT2D eigenvalue weighted by Gasteiger charge is -2.19. The molecule has 0 spiro atoms. The first-order valence-corrected chi connectivity index (χ1v) is 5.49. The molecule has 76 valence electrons. The SMILES string of the molecule is CCCCCCN1CC(=O)CC1C. The summed E-state index contributed by atoms with van der Waals surface area (Å²) in [5.74, 6) is 0.419. The fourth-order valence-corrected chi connectivity index (χ4v) is 1.95. The molecule has 1 saturated heterocycles. The number of rotatable bonds is 5. The standard InChI is InChI=1S/C11H21NO/c1-3-4-5-6-7-12-9-11(13)8-10(12)2/h10H,3-9H2,1-2H3. The molecule has 2 nitrogen and oxygen atoms in total. The van der Waals surface area contributed by atoms with E-state index in [0.29, 0.717) is 18.4 Å². The summed E-state index contributed by atoms with van der Waals surface area (Å²) in [7, 11) is 0. The van der Waals surface area contributed by atoms with Crippen molar-refractivity contribution in [3.05, 3.63) is 0 Å². The summed E-state index contributed by atoms with van der Waals surface area (Å²) in [6.07, 6.45) is 5.96. The van der Waals surface area contributed by atoms with Crippen LogP contribution in [0.4, 0.5) is 0 Å². The van der Waals surface area contributed by atoms with Crippen LogP contribution in [0.5, 0.6) is 0 Å². The van der Waals surface area contributed by atoms with Gasteiger partial charge >= 0.3 is 0 Å². The average molecular weight is 183 g/mol. The maximum absolute atomic E-state index is 11.1. The van der Waals surface area contributed by atoms with Gasteiger partial charge in [-0.1, -0.05) is 26.2 Å². The highest BCUT2D eigenvalue weighted by molar-refractivity contribution is 5.83. The molecule has 13 heavy (non-hydrogen) atoms. The molecule has 2 heteroatoms. The van der Waals surface area contributed by atoms with Crippen molar-refractivity contribution in [2.75, 3.05) is 13.1 Å². The predicted molar refractivity (Wildman–Crippen MR) is 54.8 cm³/mol. The number of unbranched alkanes of at least 4 members (excludes halogenated alkanes) is 3. The molecule has 0 saturated carbocycles. The van der Waals surface area contributed by atoms with Crippen LogP contribution in [-0.4, -0.2) is 29.8 Å². The lowest BCUT2D eigenvalue weighted by molar-refractivity contribution is -0.116. The molecular weight excluding hydrogens is 162 g/mol. The van der Waals surface area contributed by atoms with Crippen molar-refractivity contribution < 1.29 is 4.79 Å². The van der Waals surface area contributed by atoms with Gasteiger partial charge in [0.1, 0.15) is 5.78 Å². The second kappa shape index (κ2) is 5.38. The van der Waals surface area contributed by atoms with Gasteiger partial charge in [0, 0.05) is 12.5 Å². The lowest BCUT2D eigenvalue weighted by Crippen LogP contribution is -2.28. The van der Waals surface area contributed by atoms with Crippen molar-refractivity contribution in [1.29, 1.82) is 0 Å². The Morgan fingerprint density at radius 3 is 2.69 bits per heavy atom. The number of hydrogen-bond donors (Lipinski definition) is 0. The highest BCUT2D eigenvalue weighted by Crippen LogP contribution is 2.14. The molecule has 1 atom stereocenters. The quantitative estimate of drug-likeness (QED) is 0.609. The van der Waals surface area contributed by atoms with Crippen molar-refractivity contribution in [2.45, 2.75) is 52.0 Å². The van der Waals surface area contributed by atoms with Crippen molar-refractivity contribution in [2.24, 2.45) is 0 Å². The third-order valence-electron chi connectivity index (χ3n) is 2.82. The molecule has 0 bridgehead atoms. The minimum absolute atomic E-state index is 0.419. The van der Waals surface area contributed by atoms with Crippen LogP contribution in [0, 0.1) is 0 Å².